The van der Waals surface area contributed by atoms with Crippen molar-refractivity contribution in [2.75, 3.05) is 5.32 Å². The Morgan fingerprint density at radius 3 is 2.62 bits per heavy atom. The van der Waals surface area contributed by atoms with E-state index in [2.05, 4.69) is 32.9 Å². The third-order valence-corrected chi connectivity index (χ3v) is 2.91. The van der Waals surface area contributed by atoms with Crippen molar-refractivity contribution in [3.8, 4) is 0 Å². The first-order chi connectivity index (χ1) is 7.28. The van der Waals surface area contributed by atoms with E-state index in [1.807, 2.05) is 0 Å². The molecule has 0 bridgehead atoms. The molecule has 1 aromatic heterocycles. The van der Waals surface area contributed by atoms with Crippen LogP contribution in [0.4, 0.5) is 10.6 Å². The van der Waals surface area contributed by atoms with Crippen molar-refractivity contribution in [2.45, 2.75) is 26.4 Å². The van der Waals surface area contributed by atoms with E-state index in [9.17, 15) is 4.79 Å². The van der Waals surface area contributed by atoms with Gasteiger partial charge in [-0.3, -0.25) is 5.32 Å². The Morgan fingerprint density at radius 1 is 1.50 bits per heavy atom. The SMILES string of the molecule is CC(C)(C)OC(=O)Nc1ccc(I)c(Cl)n1. The van der Waals surface area contributed by atoms with Crippen LogP contribution < -0.4 is 5.32 Å². The molecule has 0 unspecified atom stereocenters. The molecule has 0 fully saturated rings. The summed E-state index contributed by atoms with van der Waals surface area (Å²) in [5.41, 5.74) is -0.531. The van der Waals surface area contributed by atoms with Crippen LogP contribution in [0.2, 0.25) is 5.15 Å². The molecule has 0 aliphatic carbocycles. The van der Waals surface area contributed by atoms with Crippen molar-refractivity contribution >= 4 is 46.1 Å². The van der Waals surface area contributed by atoms with E-state index in [0.717, 1.165) is 3.57 Å². The van der Waals surface area contributed by atoms with E-state index in [4.69, 9.17) is 16.3 Å². The largest absolute Gasteiger partial charge is 0.444 e. The Morgan fingerprint density at radius 2 is 2.12 bits per heavy atom. The first kappa shape index (κ1) is 13.5. The molecule has 0 spiro atoms. The number of carbonyl (C=O) groups excluding carboxylic acids is 1. The van der Waals surface area contributed by atoms with Crippen molar-refractivity contribution in [1.82, 2.24) is 4.98 Å². The van der Waals surface area contributed by atoms with Crippen molar-refractivity contribution < 1.29 is 9.53 Å². The number of hydrogen-bond donors (Lipinski definition) is 1. The maximum Gasteiger partial charge on any atom is 0.413 e. The van der Waals surface area contributed by atoms with Crippen LogP contribution in [-0.2, 0) is 4.74 Å². The predicted molar refractivity (Wildman–Crippen MR) is 71.8 cm³/mol. The summed E-state index contributed by atoms with van der Waals surface area (Å²) in [6.45, 7) is 5.38. The highest BCUT2D eigenvalue weighted by molar-refractivity contribution is 14.1. The number of rotatable bonds is 1. The molecule has 0 saturated heterocycles. The second-order valence-electron chi connectivity index (χ2n) is 4.10. The summed E-state index contributed by atoms with van der Waals surface area (Å²) >= 11 is 7.88. The maximum absolute atomic E-state index is 11.4. The van der Waals surface area contributed by atoms with E-state index in [-0.39, 0.29) is 0 Å². The quantitative estimate of drug-likeness (QED) is 0.618. The van der Waals surface area contributed by atoms with Gasteiger partial charge in [-0.15, -0.1) is 0 Å². The number of aromatic nitrogens is 1. The number of ether oxygens (including phenoxy) is 1. The van der Waals surface area contributed by atoms with Gasteiger partial charge in [0.1, 0.15) is 16.6 Å². The van der Waals surface area contributed by atoms with Crippen LogP contribution in [-0.4, -0.2) is 16.7 Å². The lowest BCUT2D eigenvalue weighted by atomic mass is 10.2. The zero-order chi connectivity index (χ0) is 12.3. The van der Waals surface area contributed by atoms with Gasteiger partial charge in [-0.05, 0) is 55.5 Å². The van der Waals surface area contributed by atoms with Crippen LogP contribution in [0.15, 0.2) is 12.1 Å². The minimum Gasteiger partial charge on any atom is -0.444 e. The molecule has 0 radical (unpaired) electrons. The van der Waals surface area contributed by atoms with Gasteiger partial charge in [0.25, 0.3) is 0 Å². The summed E-state index contributed by atoms with van der Waals surface area (Å²) in [7, 11) is 0. The summed E-state index contributed by atoms with van der Waals surface area (Å²) in [5.74, 6) is 0.375. The molecule has 0 aromatic carbocycles. The Hall–Kier alpha value is -0.560. The third kappa shape index (κ3) is 4.52. The number of pyridine rings is 1. The smallest absolute Gasteiger partial charge is 0.413 e. The van der Waals surface area contributed by atoms with Crippen LogP contribution >= 0.6 is 34.2 Å². The summed E-state index contributed by atoms with van der Waals surface area (Å²) in [6, 6.07) is 3.43. The first-order valence-corrected chi connectivity index (χ1v) is 6.05. The Kier molecular flexibility index (Phi) is 4.37. The van der Waals surface area contributed by atoms with Gasteiger partial charge in [0, 0.05) is 0 Å². The number of carbonyl (C=O) groups is 1. The lowest BCUT2D eigenvalue weighted by Gasteiger charge is -2.19. The molecule has 88 valence electrons. The molecule has 0 atom stereocenters. The molecule has 0 aliphatic heterocycles. The van der Waals surface area contributed by atoms with Gasteiger partial charge in [-0.2, -0.15) is 0 Å². The first-order valence-electron chi connectivity index (χ1n) is 4.60. The summed E-state index contributed by atoms with van der Waals surface area (Å²) < 4.78 is 5.90. The molecule has 1 heterocycles. The van der Waals surface area contributed by atoms with E-state index in [1.165, 1.54) is 0 Å². The fourth-order valence-corrected chi connectivity index (χ4v) is 1.35. The molecule has 16 heavy (non-hydrogen) atoms. The molecule has 1 N–H and O–H groups in total. The van der Waals surface area contributed by atoms with Crippen molar-refractivity contribution in [2.24, 2.45) is 0 Å². The van der Waals surface area contributed by atoms with E-state index in [0.29, 0.717) is 11.0 Å². The molecular formula is C10H12ClIN2O2. The minimum atomic E-state index is -0.544. The maximum atomic E-state index is 11.4. The van der Waals surface area contributed by atoms with Gasteiger partial charge in [0.05, 0.1) is 3.57 Å². The summed E-state index contributed by atoms with van der Waals surface area (Å²) in [4.78, 5) is 15.4. The van der Waals surface area contributed by atoms with E-state index in [1.54, 1.807) is 32.9 Å². The third-order valence-electron chi connectivity index (χ3n) is 1.43. The monoisotopic (exact) mass is 354 g/mol. The Bertz CT molecular complexity index is 404. The predicted octanol–water partition coefficient (Wildman–Crippen LogP) is 3.69. The average Bonchev–Trinajstić information content (AvgIpc) is 2.08. The highest BCUT2D eigenvalue weighted by atomic mass is 127. The van der Waals surface area contributed by atoms with Gasteiger partial charge in [0.2, 0.25) is 0 Å². The molecule has 6 heteroatoms. The Balaban J connectivity index is 2.67. The number of halogens is 2. The average molecular weight is 355 g/mol. The van der Waals surface area contributed by atoms with Crippen LogP contribution in [0.1, 0.15) is 20.8 Å². The normalized spacial score (nSPS) is 11.1. The fraction of sp³-hybridized carbons (Fsp3) is 0.400. The lowest BCUT2D eigenvalue weighted by Crippen LogP contribution is -2.27. The molecule has 1 amide bonds. The zero-order valence-electron chi connectivity index (χ0n) is 9.17. The van der Waals surface area contributed by atoms with Crippen molar-refractivity contribution in [3.05, 3.63) is 20.9 Å². The molecule has 0 aliphatic rings. The van der Waals surface area contributed by atoms with Gasteiger partial charge in [-0.25, -0.2) is 9.78 Å². The van der Waals surface area contributed by atoms with Gasteiger partial charge in [0.15, 0.2) is 0 Å². The topological polar surface area (TPSA) is 51.2 Å². The molecular weight excluding hydrogens is 342 g/mol. The lowest BCUT2D eigenvalue weighted by molar-refractivity contribution is 0.0635. The van der Waals surface area contributed by atoms with Crippen LogP contribution in [0.5, 0.6) is 0 Å². The van der Waals surface area contributed by atoms with Crippen molar-refractivity contribution in [1.29, 1.82) is 0 Å². The summed E-state index contributed by atoms with van der Waals surface area (Å²) in [5, 5.41) is 2.86. The second kappa shape index (κ2) is 5.18. The fourth-order valence-electron chi connectivity index (χ4n) is 0.895. The second-order valence-corrected chi connectivity index (χ2v) is 5.62. The molecule has 4 nitrogen and oxygen atoms in total. The zero-order valence-corrected chi connectivity index (χ0v) is 12.1. The highest BCUT2D eigenvalue weighted by Crippen LogP contribution is 2.18. The van der Waals surface area contributed by atoms with Gasteiger partial charge in [-0.1, -0.05) is 11.6 Å². The highest BCUT2D eigenvalue weighted by Gasteiger charge is 2.16. The van der Waals surface area contributed by atoms with Crippen LogP contribution in [0.3, 0.4) is 0 Å². The number of anilines is 1. The van der Waals surface area contributed by atoms with E-state index >= 15 is 0 Å². The number of hydrogen-bond acceptors (Lipinski definition) is 3. The van der Waals surface area contributed by atoms with Crippen LogP contribution in [0, 0.1) is 3.57 Å². The number of nitrogens with zero attached hydrogens (tertiary/aromatic N) is 1. The van der Waals surface area contributed by atoms with Crippen molar-refractivity contribution in [3.63, 3.8) is 0 Å². The Labute approximate surface area is 113 Å². The van der Waals surface area contributed by atoms with E-state index < -0.39 is 11.7 Å². The number of nitrogens with one attached hydrogen (secondary N) is 1. The summed E-state index contributed by atoms with van der Waals surface area (Å²) in [6.07, 6.45) is -0.544. The van der Waals surface area contributed by atoms with Gasteiger partial charge >= 0.3 is 6.09 Å². The van der Waals surface area contributed by atoms with Gasteiger partial charge < -0.3 is 4.74 Å². The molecule has 1 aromatic rings. The standard InChI is InChI=1S/C10H12ClIN2O2/c1-10(2,3)16-9(15)14-7-5-4-6(12)8(11)13-7/h4-5H,1-3H3,(H,13,14,15). The van der Waals surface area contributed by atoms with Crippen LogP contribution in [0.25, 0.3) is 0 Å². The molecule has 1 rings (SSSR count). The number of amides is 1. The molecule has 0 saturated carbocycles. The minimum absolute atomic E-state index is 0.356.